The van der Waals surface area contributed by atoms with Crippen LogP contribution in [0.4, 0.5) is 0 Å². The highest BCUT2D eigenvalue weighted by atomic mass is 16.4. The maximum Gasteiger partial charge on any atom is 0.309 e. The highest BCUT2D eigenvalue weighted by Gasteiger charge is 2.35. The van der Waals surface area contributed by atoms with Gasteiger partial charge in [-0.3, -0.25) is 9.78 Å². The molecule has 1 aromatic heterocycles. The molecular weight excluding hydrogens is 250 g/mol. The quantitative estimate of drug-likeness (QED) is 0.895. The lowest BCUT2D eigenvalue weighted by molar-refractivity contribution is -0.149. The molecule has 0 aliphatic carbocycles. The van der Waals surface area contributed by atoms with E-state index in [9.17, 15) is 9.90 Å². The molecule has 3 nitrogen and oxygen atoms in total. The molecule has 1 aromatic carbocycles. The first kappa shape index (κ1) is 14.5. The first-order chi connectivity index (χ1) is 9.52. The summed E-state index contributed by atoms with van der Waals surface area (Å²) in [6.07, 6.45) is 1.82. The fourth-order valence-corrected chi connectivity index (χ4v) is 2.78. The topological polar surface area (TPSA) is 50.2 Å². The second-order valence-electron chi connectivity index (χ2n) is 5.41. The summed E-state index contributed by atoms with van der Waals surface area (Å²) < 4.78 is 0. The van der Waals surface area contributed by atoms with Crippen molar-refractivity contribution in [3.05, 3.63) is 41.6 Å². The van der Waals surface area contributed by atoms with Gasteiger partial charge in [-0.25, -0.2) is 0 Å². The Morgan fingerprint density at radius 2 is 1.90 bits per heavy atom. The molecule has 0 bridgehead atoms. The minimum atomic E-state index is -0.707. The van der Waals surface area contributed by atoms with Gasteiger partial charge in [-0.1, -0.05) is 32.0 Å². The molecule has 1 heterocycles. The van der Waals surface area contributed by atoms with Crippen molar-refractivity contribution in [3.63, 3.8) is 0 Å². The van der Waals surface area contributed by atoms with E-state index in [0.717, 1.165) is 22.2 Å². The van der Waals surface area contributed by atoms with Crippen LogP contribution in [0.2, 0.25) is 0 Å². The van der Waals surface area contributed by atoms with E-state index in [4.69, 9.17) is 0 Å². The number of rotatable bonds is 5. The Morgan fingerprint density at radius 1 is 1.25 bits per heavy atom. The summed E-state index contributed by atoms with van der Waals surface area (Å²) in [5, 5.41) is 10.7. The summed E-state index contributed by atoms with van der Waals surface area (Å²) in [5.41, 5.74) is 2.27. The van der Waals surface area contributed by atoms with Crippen molar-refractivity contribution in [3.8, 4) is 0 Å². The number of aryl methyl sites for hydroxylation is 1. The second kappa shape index (κ2) is 5.61. The predicted octanol–water partition coefficient (Wildman–Crippen LogP) is 3.98. The summed E-state index contributed by atoms with van der Waals surface area (Å²) in [6.45, 7) is 5.86. The number of pyridine rings is 1. The summed E-state index contributed by atoms with van der Waals surface area (Å²) in [5.74, 6) is -0.707. The number of para-hydroxylation sites is 1. The summed E-state index contributed by atoms with van der Waals surface area (Å²) in [6, 6.07) is 9.96. The van der Waals surface area contributed by atoms with Crippen molar-refractivity contribution in [1.82, 2.24) is 4.98 Å². The fraction of sp³-hybridized carbons (Fsp3) is 0.412. The van der Waals surface area contributed by atoms with Crippen molar-refractivity contribution in [1.29, 1.82) is 0 Å². The van der Waals surface area contributed by atoms with Crippen LogP contribution in [-0.2, 0) is 11.2 Å². The third-order valence-corrected chi connectivity index (χ3v) is 4.27. The lowest BCUT2D eigenvalue weighted by atomic mass is 9.76. The minimum Gasteiger partial charge on any atom is -0.481 e. The fourth-order valence-electron chi connectivity index (χ4n) is 2.78. The lowest BCUT2D eigenvalue weighted by Gasteiger charge is -2.27. The van der Waals surface area contributed by atoms with Crippen molar-refractivity contribution in [2.45, 2.75) is 40.0 Å². The van der Waals surface area contributed by atoms with Crippen molar-refractivity contribution in [2.24, 2.45) is 5.41 Å². The van der Waals surface area contributed by atoms with Crippen molar-refractivity contribution < 1.29 is 9.90 Å². The molecule has 0 spiro atoms. The van der Waals surface area contributed by atoms with Crippen LogP contribution in [0.3, 0.4) is 0 Å². The molecule has 0 fully saturated rings. The molecular formula is C17H21NO2. The first-order valence-electron chi connectivity index (χ1n) is 7.11. The average molecular weight is 271 g/mol. The Hall–Kier alpha value is -1.90. The van der Waals surface area contributed by atoms with Crippen LogP contribution in [0, 0.1) is 12.3 Å². The molecule has 0 unspecified atom stereocenters. The first-order valence-corrected chi connectivity index (χ1v) is 7.11. The summed E-state index contributed by atoms with van der Waals surface area (Å²) in [7, 11) is 0. The Labute approximate surface area is 119 Å². The van der Waals surface area contributed by atoms with Gasteiger partial charge >= 0.3 is 5.97 Å². The molecule has 0 atom stereocenters. The molecule has 106 valence electrons. The standard InChI is InChI=1S/C17H21NO2/c1-4-17(5-2,16(19)20)11-13-10-12(3)18-15-9-7-6-8-14(13)15/h6-10H,4-5,11H2,1-3H3,(H,19,20). The number of fused-ring (bicyclic) bond motifs is 1. The largest absolute Gasteiger partial charge is 0.481 e. The third-order valence-electron chi connectivity index (χ3n) is 4.27. The molecule has 0 aliphatic rings. The number of hydrogen-bond donors (Lipinski definition) is 1. The van der Waals surface area contributed by atoms with Crippen LogP contribution in [0.5, 0.6) is 0 Å². The normalized spacial score (nSPS) is 11.8. The van der Waals surface area contributed by atoms with Gasteiger partial charge in [0.05, 0.1) is 10.9 Å². The Balaban J connectivity index is 2.55. The van der Waals surface area contributed by atoms with Gasteiger partial charge in [-0.05, 0) is 43.9 Å². The van der Waals surface area contributed by atoms with Gasteiger partial charge in [0.15, 0.2) is 0 Å². The number of nitrogens with zero attached hydrogens (tertiary/aromatic N) is 1. The van der Waals surface area contributed by atoms with E-state index in [-0.39, 0.29) is 0 Å². The smallest absolute Gasteiger partial charge is 0.309 e. The number of aliphatic carboxylic acids is 1. The van der Waals surface area contributed by atoms with Crippen LogP contribution >= 0.6 is 0 Å². The highest BCUT2D eigenvalue weighted by molar-refractivity contribution is 5.83. The zero-order valence-electron chi connectivity index (χ0n) is 12.3. The summed E-state index contributed by atoms with van der Waals surface area (Å²) >= 11 is 0. The Bertz CT molecular complexity index is 630. The van der Waals surface area contributed by atoms with Crippen LogP contribution in [0.25, 0.3) is 10.9 Å². The van der Waals surface area contributed by atoms with Gasteiger partial charge in [0.1, 0.15) is 0 Å². The van der Waals surface area contributed by atoms with E-state index in [1.165, 1.54) is 0 Å². The number of hydrogen-bond acceptors (Lipinski definition) is 2. The summed E-state index contributed by atoms with van der Waals surface area (Å²) in [4.78, 5) is 16.2. The monoisotopic (exact) mass is 271 g/mol. The van der Waals surface area contributed by atoms with Crippen LogP contribution in [0.1, 0.15) is 37.9 Å². The van der Waals surface area contributed by atoms with Gasteiger partial charge in [0, 0.05) is 11.1 Å². The van der Waals surface area contributed by atoms with Gasteiger partial charge in [0.25, 0.3) is 0 Å². The van der Waals surface area contributed by atoms with Crippen LogP contribution in [-0.4, -0.2) is 16.1 Å². The maximum absolute atomic E-state index is 11.7. The van der Waals surface area contributed by atoms with E-state index >= 15 is 0 Å². The molecule has 2 rings (SSSR count). The van der Waals surface area contributed by atoms with Gasteiger partial charge in [0.2, 0.25) is 0 Å². The Morgan fingerprint density at radius 3 is 2.50 bits per heavy atom. The zero-order chi connectivity index (χ0) is 14.8. The molecule has 0 radical (unpaired) electrons. The van der Waals surface area contributed by atoms with E-state index in [0.29, 0.717) is 19.3 Å². The minimum absolute atomic E-state index is 0.555. The number of carboxylic acids is 1. The molecule has 20 heavy (non-hydrogen) atoms. The predicted molar refractivity (Wildman–Crippen MR) is 80.8 cm³/mol. The van der Waals surface area contributed by atoms with E-state index in [1.807, 2.05) is 51.1 Å². The molecule has 0 amide bonds. The third kappa shape index (κ3) is 2.53. The van der Waals surface area contributed by atoms with Gasteiger partial charge < -0.3 is 5.11 Å². The van der Waals surface area contributed by atoms with Gasteiger partial charge in [-0.15, -0.1) is 0 Å². The zero-order valence-corrected chi connectivity index (χ0v) is 12.3. The van der Waals surface area contributed by atoms with Gasteiger partial charge in [-0.2, -0.15) is 0 Å². The molecule has 0 saturated carbocycles. The van der Waals surface area contributed by atoms with E-state index < -0.39 is 11.4 Å². The SMILES string of the molecule is CCC(CC)(Cc1cc(C)nc2ccccc12)C(=O)O. The number of benzene rings is 1. The van der Waals surface area contributed by atoms with Crippen molar-refractivity contribution >= 4 is 16.9 Å². The van der Waals surface area contributed by atoms with Crippen LogP contribution in [0.15, 0.2) is 30.3 Å². The molecule has 2 aromatic rings. The number of carbonyl (C=O) groups is 1. The molecule has 3 heteroatoms. The molecule has 1 N–H and O–H groups in total. The van der Waals surface area contributed by atoms with E-state index in [2.05, 4.69) is 4.98 Å². The number of aromatic nitrogens is 1. The Kier molecular flexibility index (Phi) is 4.07. The molecule has 0 aliphatic heterocycles. The van der Waals surface area contributed by atoms with Crippen LogP contribution < -0.4 is 0 Å². The number of carboxylic acid groups (broad SMARTS) is 1. The highest BCUT2D eigenvalue weighted by Crippen LogP contribution is 2.33. The second-order valence-corrected chi connectivity index (χ2v) is 5.41. The average Bonchev–Trinajstić information content (AvgIpc) is 2.44. The van der Waals surface area contributed by atoms with E-state index in [1.54, 1.807) is 0 Å². The van der Waals surface area contributed by atoms with Crippen molar-refractivity contribution in [2.75, 3.05) is 0 Å². The lowest BCUT2D eigenvalue weighted by Crippen LogP contribution is -2.32. The maximum atomic E-state index is 11.7. The molecule has 0 saturated heterocycles.